The van der Waals surface area contributed by atoms with Crippen LogP contribution in [0.2, 0.25) is 0 Å². The van der Waals surface area contributed by atoms with Crippen molar-refractivity contribution in [2.24, 2.45) is 0 Å². The molecular formula is C14H14N4O. The van der Waals surface area contributed by atoms with Crippen molar-refractivity contribution < 1.29 is 4.74 Å². The number of hydrogen-bond acceptors (Lipinski definition) is 4. The molecule has 0 amide bonds. The fourth-order valence-corrected chi connectivity index (χ4v) is 2.02. The molecule has 0 saturated heterocycles. The maximum absolute atomic E-state index is 6.13. The number of nitrogens with two attached hydrogens (primary N) is 1. The third kappa shape index (κ3) is 1.89. The van der Waals surface area contributed by atoms with Crippen LogP contribution in [0.1, 0.15) is 5.56 Å². The van der Waals surface area contributed by atoms with Gasteiger partial charge in [-0.1, -0.05) is 0 Å². The van der Waals surface area contributed by atoms with Gasteiger partial charge in [-0.25, -0.2) is 9.97 Å². The second-order valence-corrected chi connectivity index (χ2v) is 4.37. The van der Waals surface area contributed by atoms with Crippen LogP contribution in [0.25, 0.3) is 16.9 Å². The van der Waals surface area contributed by atoms with E-state index in [2.05, 4.69) is 9.97 Å². The van der Waals surface area contributed by atoms with Crippen LogP contribution in [0.4, 0.5) is 5.82 Å². The number of hydrogen-bond donors (Lipinski definition) is 1. The lowest BCUT2D eigenvalue weighted by molar-refractivity contribution is 0.398. The Morgan fingerprint density at radius 3 is 2.79 bits per heavy atom. The number of aromatic nitrogens is 3. The first-order valence-electron chi connectivity index (χ1n) is 5.93. The Labute approximate surface area is 110 Å². The number of ether oxygens (including phenoxy) is 1. The number of methoxy groups -OCH3 is 1. The summed E-state index contributed by atoms with van der Waals surface area (Å²) in [4.78, 5) is 8.73. The van der Waals surface area contributed by atoms with Crippen LogP contribution in [0.3, 0.4) is 0 Å². The second kappa shape index (κ2) is 4.28. The van der Waals surface area contributed by atoms with Gasteiger partial charge in [-0.15, -0.1) is 0 Å². The summed E-state index contributed by atoms with van der Waals surface area (Å²) in [5.74, 6) is 1.18. The average Bonchev–Trinajstić information content (AvgIpc) is 2.75. The van der Waals surface area contributed by atoms with Gasteiger partial charge < -0.3 is 10.5 Å². The maximum atomic E-state index is 6.13. The van der Waals surface area contributed by atoms with E-state index >= 15 is 0 Å². The van der Waals surface area contributed by atoms with E-state index in [4.69, 9.17) is 10.5 Å². The van der Waals surface area contributed by atoms with Crippen LogP contribution in [-0.4, -0.2) is 21.5 Å². The van der Waals surface area contributed by atoms with E-state index in [9.17, 15) is 0 Å². The van der Waals surface area contributed by atoms with Crippen molar-refractivity contribution in [3.8, 4) is 17.1 Å². The first-order valence-corrected chi connectivity index (χ1v) is 5.93. The molecular weight excluding hydrogens is 240 g/mol. The molecule has 0 spiro atoms. The molecule has 3 aromatic rings. The number of rotatable bonds is 2. The number of pyridine rings is 2. The molecule has 0 bridgehead atoms. The molecule has 0 aliphatic carbocycles. The van der Waals surface area contributed by atoms with Crippen LogP contribution in [-0.2, 0) is 0 Å². The Morgan fingerprint density at radius 2 is 2.11 bits per heavy atom. The molecule has 0 unspecified atom stereocenters. The third-order valence-electron chi connectivity index (χ3n) is 3.04. The Hall–Kier alpha value is -2.56. The van der Waals surface area contributed by atoms with Gasteiger partial charge in [-0.2, -0.15) is 0 Å². The van der Waals surface area contributed by atoms with Crippen LogP contribution in [0, 0.1) is 6.92 Å². The monoisotopic (exact) mass is 254 g/mol. The zero-order valence-electron chi connectivity index (χ0n) is 10.8. The standard InChI is InChI=1S/C14H14N4O/c1-9-5-6-18-11(7-9)17-13(14(18)15)10-3-4-12(19-2)16-8-10/h3-8H,15H2,1-2H3. The van der Waals surface area contributed by atoms with Gasteiger partial charge in [0.25, 0.3) is 0 Å². The number of anilines is 1. The lowest BCUT2D eigenvalue weighted by atomic mass is 10.2. The topological polar surface area (TPSA) is 65.4 Å². The third-order valence-corrected chi connectivity index (χ3v) is 3.04. The molecule has 2 N–H and O–H groups in total. The molecule has 0 aliphatic heterocycles. The summed E-state index contributed by atoms with van der Waals surface area (Å²) >= 11 is 0. The Balaban J connectivity index is 2.15. The molecule has 5 nitrogen and oxygen atoms in total. The van der Waals surface area contributed by atoms with Crippen LogP contribution in [0.5, 0.6) is 5.88 Å². The molecule has 0 aliphatic rings. The molecule has 0 saturated carbocycles. The number of imidazole rings is 1. The Kier molecular flexibility index (Phi) is 2.59. The molecule has 0 atom stereocenters. The largest absolute Gasteiger partial charge is 0.481 e. The molecule has 5 heteroatoms. The summed E-state index contributed by atoms with van der Waals surface area (Å²) in [6.07, 6.45) is 3.64. The number of nitrogen functional groups attached to an aromatic ring is 1. The summed E-state index contributed by atoms with van der Waals surface area (Å²) in [7, 11) is 1.59. The fourth-order valence-electron chi connectivity index (χ4n) is 2.02. The van der Waals surface area contributed by atoms with Crippen molar-refractivity contribution in [1.82, 2.24) is 14.4 Å². The van der Waals surface area contributed by atoms with Gasteiger partial charge in [0.15, 0.2) is 0 Å². The minimum Gasteiger partial charge on any atom is -0.481 e. The van der Waals surface area contributed by atoms with E-state index in [-0.39, 0.29) is 0 Å². The van der Waals surface area contributed by atoms with Gasteiger partial charge in [0, 0.05) is 24.0 Å². The van der Waals surface area contributed by atoms with Crippen molar-refractivity contribution in [3.05, 3.63) is 42.2 Å². The van der Waals surface area contributed by atoms with Crippen molar-refractivity contribution in [2.45, 2.75) is 6.92 Å². The first-order chi connectivity index (χ1) is 9.19. The highest BCUT2D eigenvalue weighted by molar-refractivity contribution is 5.74. The summed E-state index contributed by atoms with van der Waals surface area (Å²) in [5, 5.41) is 0. The van der Waals surface area contributed by atoms with E-state index < -0.39 is 0 Å². The highest BCUT2D eigenvalue weighted by atomic mass is 16.5. The van der Waals surface area contributed by atoms with Crippen LogP contribution in [0.15, 0.2) is 36.7 Å². The van der Waals surface area contributed by atoms with Crippen molar-refractivity contribution in [3.63, 3.8) is 0 Å². The molecule has 0 fully saturated rings. The summed E-state index contributed by atoms with van der Waals surface area (Å²) in [5.41, 5.74) is 9.73. The molecule has 3 aromatic heterocycles. The van der Waals surface area contributed by atoms with E-state index in [0.29, 0.717) is 11.7 Å². The normalized spacial score (nSPS) is 10.8. The lowest BCUT2D eigenvalue weighted by Crippen LogP contribution is -1.94. The van der Waals surface area contributed by atoms with E-state index in [0.717, 1.165) is 22.5 Å². The maximum Gasteiger partial charge on any atom is 0.212 e. The predicted molar refractivity (Wildman–Crippen MR) is 74.1 cm³/mol. The number of nitrogens with zero attached hydrogens (tertiary/aromatic N) is 3. The summed E-state index contributed by atoms with van der Waals surface area (Å²) in [6, 6.07) is 7.69. The van der Waals surface area contributed by atoms with Crippen LogP contribution >= 0.6 is 0 Å². The highest BCUT2D eigenvalue weighted by Crippen LogP contribution is 2.26. The molecule has 19 heavy (non-hydrogen) atoms. The quantitative estimate of drug-likeness (QED) is 0.762. The van der Waals surface area contributed by atoms with Crippen molar-refractivity contribution in [2.75, 3.05) is 12.8 Å². The lowest BCUT2D eigenvalue weighted by Gasteiger charge is -2.01. The summed E-state index contributed by atoms with van der Waals surface area (Å²) < 4.78 is 6.91. The van der Waals surface area contributed by atoms with Crippen molar-refractivity contribution >= 4 is 11.5 Å². The van der Waals surface area contributed by atoms with Gasteiger partial charge >= 0.3 is 0 Å². The minimum absolute atomic E-state index is 0.571. The molecule has 3 rings (SSSR count). The fraction of sp³-hybridized carbons (Fsp3) is 0.143. The minimum atomic E-state index is 0.571. The molecule has 0 aromatic carbocycles. The molecule has 96 valence electrons. The zero-order valence-corrected chi connectivity index (χ0v) is 10.8. The van der Waals surface area contributed by atoms with Gasteiger partial charge in [-0.05, 0) is 30.7 Å². The van der Waals surface area contributed by atoms with Gasteiger partial charge in [0.1, 0.15) is 17.2 Å². The van der Waals surface area contributed by atoms with Crippen molar-refractivity contribution in [1.29, 1.82) is 0 Å². The van der Waals surface area contributed by atoms with Gasteiger partial charge in [0.2, 0.25) is 5.88 Å². The SMILES string of the molecule is COc1ccc(-c2nc3cc(C)ccn3c2N)cn1. The second-order valence-electron chi connectivity index (χ2n) is 4.37. The number of fused-ring (bicyclic) bond motifs is 1. The van der Waals surface area contributed by atoms with E-state index in [1.807, 2.05) is 35.7 Å². The average molecular weight is 254 g/mol. The summed E-state index contributed by atoms with van der Waals surface area (Å²) in [6.45, 7) is 2.03. The number of aryl methyl sites for hydroxylation is 1. The zero-order chi connectivity index (χ0) is 13.4. The highest BCUT2D eigenvalue weighted by Gasteiger charge is 2.11. The van der Waals surface area contributed by atoms with E-state index in [1.54, 1.807) is 19.4 Å². The van der Waals surface area contributed by atoms with Crippen LogP contribution < -0.4 is 10.5 Å². The van der Waals surface area contributed by atoms with Gasteiger partial charge in [-0.3, -0.25) is 4.40 Å². The first kappa shape index (κ1) is 11.5. The molecule has 0 radical (unpaired) electrons. The van der Waals surface area contributed by atoms with Gasteiger partial charge in [0.05, 0.1) is 7.11 Å². The predicted octanol–water partition coefficient (Wildman–Crippen LogP) is 2.30. The van der Waals surface area contributed by atoms with E-state index in [1.165, 1.54) is 0 Å². The smallest absolute Gasteiger partial charge is 0.212 e. The molecule has 3 heterocycles. The Morgan fingerprint density at radius 1 is 1.26 bits per heavy atom. The Bertz CT molecular complexity index is 731.